The lowest BCUT2D eigenvalue weighted by molar-refractivity contribution is -0.392. The molecule has 0 radical (unpaired) electrons. The van der Waals surface area contributed by atoms with E-state index in [1.54, 1.807) is 6.92 Å². The van der Waals surface area contributed by atoms with E-state index in [1.165, 1.54) is 22.8 Å². The van der Waals surface area contributed by atoms with Crippen molar-refractivity contribution in [2.45, 2.75) is 33.2 Å². The van der Waals surface area contributed by atoms with Crippen molar-refractivity contribution in [3.63, 3.8) is 0 Å². The molecule has 9 nitrogen and oxygen atoms in total. The molecule has 0 fully saturated rings. The van der Waals surface area contributed by atoms with Gasteiger partial charge in [-0.15, -0.1) is 0 Å². The van der Waals surface area contributed by atoms with Crippen molar-refractivity contribution in [2.24, 2.45) is 0 Å². The molecule has 1 aliphatic rings. The third-order valence-corrected chi connectivity index (χ3v) is 5.21. The van der Waals surface area contributed by atoms with Crippen LogP contribution in [0.5, 0.6) is 0 Å². The third-order valence-electron chi connectivity index (χ3n) is 5.21. The maximum Gasteiger partial charge on any atom is 0.342 e. The number of imidazole rings is 1. The number of benzene rings is 1. The molecule has 1 aliphatic heterocycles. The minimum Gasteiger partial charge on any atom is -0.358 e. The maximum absolute atomic E-state index is 13.9. The van der Waals surface area contributed by atoms with Crippen molar-refractivity contribution >= 4 is 28.5 Å². The van der Waals surface area contributed by atoms with Gasteiger partial charge in [0.15, 0.2) is 5.82 Å². The Morgan fingerprint density at radius 3 is 2.53 bits per heavy atom. The van der Waals surface area contributed by atoms with Crippen molar-refractivity contribution in [3.05, 3.63) is 63.0 Å². The van der Waals surface area contributed by atoms with Crippen LogP contribution in [0.15, 0.2) is 24.4 Å². The standard InChI is InChI=1S/C20H18FN5O4/c1-10(2)18-17-16(13-8-12(21)4-5-14(13)23-18)19(27)25(20(17)28)7-6-24-11(3)22-9-15(24)26(29)30/h4-5,8-10H,6-7H2,1-3H3. The van der Waals surface area contributed by atoms with Gasteiger partial charge in [0, 0.05) is 12.3 Å². The molecule has 4 rings (SSSR count). The molecule has 10 heteroatoms. The molecule has 3 aromatic rings. The van der Waals surface area contributed by atoms with E-state index in [9.17, 15) is 24.1 Å². The summed E-state index contributed by atoms with van der Waals surface area (Å²) in [6, 6.07) is 3.94. The van der Waals surface area contributed by atoms with Gasteiger partial charge >= 0.3 is 5.82 Å². The van der Waals surface area contributed by atoms with Gasteiger partial charge in [0.2, 0.25) is 0 Å². The Kier molecular flexibility index (Phi) is 4.56. The Balaban J connectivity index is 1.77. The molecule has 0 atom stereocenters. The lowest BCUT2D eigenvalue weighted by Gasteiger charge is -2.13. The van der Waals surface area contributed by atoms with Gasteiger partial charge in [-0.1, -0.05) is 13.8 Å². The zero-order valence-corrected chi connectivity index (χ0v) is 16.5. The van der Waals surface area contributed by atoms with Crippen molar-refractivity contribution in [1.29, 1.82) is 0 Å². The zero-order chi connectivity index (χ0) is 21.7. The van der Waals surface area contributed by atoms with Crippen LogP contribution in [0.4, 0.5) is 10.2 Å². The summed E-state index contributed by atoms with van der Waals surface area (Å²) in [4.78, 5) is 46.4. The second kappa shape index (κ2) is 6.97. The van der Waals surface area contributed by atoms with Crippen LogP contribution in [0, 0.1) is 22.9 Å². The number of hydrogen-bond acceptors (Lipinski definition) is 6. The molecule has 3 heterocycles. The van der Waals surface area contributed by atoms with Gasteiger partial charge in [0.25, 0.3) is 11.8 Å². The van der Waals surface area contributed by atoms with Crippen LogP contribution < -0.4 is 0 Å². The van der Waals surface area contributed by atoms with E-state index >= 15 is 0 Å². The van der Waals surface area contributed by atoms with E-state index in [0.29, 0.717) is 17.0 Å². The van der Waals surface area contributed by atoms with E-state index in [-0.39, 0.29) is 41.3 Å². The number of nitro groups is 1. The van der Waals surface area contributed by atoms with Crippen molar-refractivity contribution in [3.8, 4) is 0 Å². The Morgan fingerprint density at radius 2 is 1.87 bits per heavy atom. The average molecular weight is 411 g/mol. The Morgan fingerprint density at radius 1 is 1.17 bits per heavy atom. The molecule has 0 N–H and O–H groups in total. The molecule has 2 amide bonds. The molecule has 1 aromatic carbocycles. The second-order valence-electron chi connectivity index (χ2n) is 7.40. The Bertz CT molecular complexity index is 1230. The number of imide groups is 1. The normalized spacial score (nSPS) is 13.6. The summed E-state index contributed by atoms with van der Waals surface area (Å²) in [6.07, 6.45) is 1.13. The molecule has 0 saturated heterocycles. The van der Waals surface area contributed by atoms with Gasteiger partial charge in [-0.2, -0.15) is 0 Å². The second-order valence-corrected chi connectivity index (χ2v) is 7.40. The molecule has 0 unspecified atom stereocenters. The van der Waals surface area contributed by atoms with E-state index in [1.807, 2.05) is 13.8 Å². The van der Waals surface area contributed by atoms with Gasteiger partial charge in [-0.3, -0.25) is 19.5 Å². The van der Waals surface area contributed by atoms with E-state index < -0.39 is 22.6 Å². The number of rotatable bonds is 5. The lowest BCUT2D eigenvalue weighted by Crippen LogP contribution is -2.33. The highest BCUT2D eigenvalue weighted by Gasteiger charge is 2.40. The highest BCUT2D eigenvalue weighted by atomic mass is 19.1. The number of aryl methyl sites for hydroxylation is 1. The van der Waals surface area contributed by atoms with E-state index in [4.69, 9.17) is 0 Å². The van der Waals surface area contributed by atoms with Gasteiger partial charge in [-0.05, 0) is 29.0 Å². The van der Waals surface area contributed by atoms with Crippen LogP contribution in [0.1, 0.15) is 52.0 Å². The number of fused-ring (bicyclic) bond motifs is 3. The highest BCUT2D eigenvalue weighted by Crippen LogP contribution is 2.34. The van der Waals surface area contributed by atoms with Crippen LogP contribution in [0.2, 0.25) is 0 Å². The molecule has 0 saturated carbocycles. The van der Waals surface area contributed by atoms with Crippen LogP contribution in [-0.2, 0) is 6.54 Å². The van der Waals surface area contributed by atoms with Crippen LogP contribution in [0.3, 0.4) is 0 Å². The van der Waals surface area contributed by atoms with Gasteiger partial charge in [0.05, 0.1) is 28.9 Å². The molecule has 2 aromatic heterocycles. The summed E-state index contributed by atoms with van der Waals surface area (Å²) in [6.45, 7) is 5.25. The number of halogens is 1. The fourth-order valence-electron chi connectivity index (χ4n) is 3.75. The maximum atomic E-state index is 13.9. The first kappa shape index (κ1) is 19.6. The number of carbonyl (C=O) groups excluding carboxylic acids is 2. The minimum atomic E-state index is -0.570. The lowest BCUT2D eigenvalue weighted by atomic mass is 9.97. The van der Waals surface area contributed by atoms with Gasteiger partial charge in [0.1, 0.15) is 18.6 Å². The summed E-state index contributed by atoms with van der Waals surface area (Å²) in [5.41, 5.74) is 1.20. The van der Waals surface area contributed by atoms with Crippen LogP contribution in [0.25, 0.3) is 10.9 Å². The molecule has 0 bridgehead atoms. The molecule has 154 valence electrons. The Hall–Kier alpha value is -3.69. The first-order valence-electron chi connectivity index (χ1n) is 9.36. The summed E-state index contributed by atoms with van der Waals surface area (Å²) in [7, 11) is 0. The van der Waals surface area contributed by atoms with Gasteiger partial charge < -0.3 is 10.1 Å². The number of hydrogen-bond donors (Lipinski definition) is 0. The number of pyridine rings is 1. The number of amides is 2. The molecule has 0 aliphatic carbocycles. The fourth-order valence-corrected chi connectivity index (χ4v) is 3.75. The first-order valence-corrected chi connectivity index (χ1v) is 9.36. The summed E-state index contributed by atoms with van der Waals surface area (Å²) in [5, 5.41) is 11.5. The first-order chi connectivity index (χ1) is 14.2. The largest absolute Gasteiger partial charge is 0.358 e. The van der Waals surface area contributed by atoms with Crippen molar-refractivity contribution < 1.29 is 18.9 Å². The van der Waals surface area contributed by atoms with Crippen LogP contribution in [-0.4, -0.2) is 42.7 Å². The van der Waals surface area contributed by atoms with E-state index in [0.717, 1.165) is 11.1 Å². The number of nitrogens with zero attached hydrogens (tertiary/aromatic N) is 5. The quantitative estimate of drug-likeness (QED) is 0.362. The predicted molar refractivity (Wildman–Crippen MR) is 105 cm³/mol. The molecule has 30 heavy (non-hydrogen) atoms. The predicted octanol–water partition coefficient (Wildman–Crippen LogP) is 3.21. The van der Waals surface area contributed by atoms with Crippen LogP contribution >= 0.6 is 0 Å². The number of carbonyl (C=O) groups is 2. The minimum absolute atomic E-state index is 0.0182. The van der Waals surface area contributed by atoms with Crippen molar-refractivity contribution in [2.75, 3.05) is 6.54 Å². The topological polar surface area (TPSA) is 111 Å². The molecule has 0 spiro atoms. The van der Waals surface area contributed by atoms with E-state index in [2.05, 4.69) is 9.97 Å². The summed E-state index contributed by atoms with van der Waals surface area (Å²) in [5.74, 6) is -1.58. The smallest absolute Gasteiger partial charge is 0.342 e. The van der Waals surface area contributed by atoms with Gasteiger partial charge in [-0.25, -0.2) is 13.9 Å². The van der Waals surface area contributed by atoms with Crippen molar-refractivity contribution in [1.82, 2.24) is 19.4 Å². The average Bonchev–Trinajstić information content (AvgIpc) is 3.17. The summed E-state index contributed by atoms with van der Waals surface area (Å²) < 4.78 is 15.2. The third kappa shape index (κ3) is 2.92. The summed E-state index contributed by atoms with van der Waals surface area (Å²) >= 11 is 0. The SMILES string of the molecule is Cc1ncc([N+](=O)[O-])n1CCN1C(=O)c2c(C(C)C)nc3ccc(F)cc3c2C1=O. The monoisotopic (exact) mass is 411 g/mol. The highest BCUT2D eigenvalue weighted by molar-refractivity contribution is 6.26. The molecular weight excluding hydrogens is 393 g/mol. The Labute approximate surface area is 170 Å². The fraction of sp³-hybridized carbons (Fsp3) is 0.300. The molecular formula is C20H18FN5O4. The zero-order valence-electron chi connectivity index (χ0n) is 16.5. The number of aromatic nitrogens is 3.